The molecule has 0 amide bonds. The van der Waals surface area contributed by atoms with Crippen LogP contribution >= 0.6 is 12.6 Å². The lowest BCUT2D eigenvalue weighted by Crippen LogP contribution is -2.19. The summed E-state index contributed by atoms with van der Waals surface area (Å²) in [6.07, 6.45) is 4.89. The Morgan fingerprint density at radius 1 is 1.05 bits per heavy atom. The van der Waals surface area contributed by atoms with Gasteiger partial charge in [-0.15, -0.1) is 0 Å². The van der Waals surface area contributed by atoms with Gasteiger partial charge in [-0.05, 0) is 35.3 Å². The number of hydrogen-bond donors (Lipinski definition) is 1. The Balaban J connectivity index is 2.26. The van der Waals surface area contributed by atoms with Crippen LogP contribution in [0.15, 0.2) is 36.4 Å². The molecule has 0 bridgehead atoms. The summed E-state index contributed by atoms with van der Waals surface area (Å²) in [7, 11) is 0. The average molecular weight is 284 g/mol. The largest absolute Gasteiger partial charge is 0.386 e. The number of ether oxygens (including phenoxy) is 1. The van der Waals surface area contributed by atoms with E-state index in [4.69, 9.17) is 4.74 Å². The van der Waals surface area contributed by atoms with Crippen molar-refractivity contribution in [3.05, 3.63) is 53.1 Å². The van der Waals surface area contributed by atoms with Crippen LogP contribution in [-0.4, -0.2) is 17.7 Å². The third-order valence-corrected chi connectivity index (χ3v) is 3.55. The number of hydrogen-bond acceptors (Lipinski definition) is 4. The van der Waals surface area contributed by atoms with Gasteiger partial charge in [0.25, 0.3) is 0 Å². The lowest BCUT2D eigenvalue weighted by atomic mass is 9.93. The fourth-order valence-corrected chi connectivity index (χ4v) is 2.54. The van der Waals surface area contributed by atoms with E-state index in [2.05, 4.69) is 12.6 Å². The van der Waals surface area contributed by atoms with E-state index >= 15 is 0 Å². The van der Waals surface area contributed by atoms with Crippen molar-refractivity contribution in [3.63, 3.8) is 0 Å². The van der Waals surface area contributed by atoms with Crippen molar-refractivity contribution in [1.29, 1.82) is 0 Å². The van der Waals surface area contributed by atoms with E-state index in [1.165, 1.54) is 0 Å². The maximum absolute atomic E-state index is 11.8. The maximum Gasteiger partial charge on any atom is 0.346 e. The summed E-state index contributed by atoms with van der Waals surface area (Å²) in [4.78, 5) is 23.6. The number of carbonyl (C=O) groups is 2. The van der Waals surface area contributed by atoms with Crippen molar-refractivity contribution in [2.45, 2.75) is 6.42 Å². The standard InChI is InChI=1S/C16H12O3S/c17-15-12-6-3-5-11-10(4-1-2-9-20)7-8-13(14(11)12)16(18)19-15/h1,3-8,20H,2,9H2. The van der Waals surface area contributed by atoms with Gasteiger partial charge in [0.1, 0.15) is 0 Å². The molecule has 1 aliphatic rings. The highest BCUT2D eigenvalue weighted by molar-refractivity contribution is 7.80. The van der Waals surface area contributed by atoms with Gasteiger partial charge in [-0.3, -0.25) is 0 Å². The number of cyclic esters (lactones) is 2. The number of benzene rings is 2. The highest BCUT2D eigenvalue weighted by Gasteiger charge is 2.27. The summed E-state index contributed by atoms with van der Waals surface area (Å²) in [5, 5.41) is 1.57. The van der Waals surface area contributed by atoms with E-state index in [1.54, 1.807) is 18.2 Å². The van der Waals surface area contributed by atoms with Crippen LogP contribution in [0.1, 0.15) is 32.7 Å². The zero-order valence-corrected chi connectivity index (χ0v) is 11.5. The first kappa shape index (κ1) is 12.9. The summed E-state index contributed by atoms with van der Waals surface area (Å²) in [5.41, 5.74) is 1.87. The molecule has 0 saturated heterocycles. The normalized spacial score (nSPS) is 14.1. The molecule has 0 atom stereocenters. The average Bonchev–Trinajstić information content (AvgIpc) is 2.45. The van der Waals surface area contributed by atoms with Crippen LogP contribution in [0, 0.1) is 0 Å². The highest BCUT2D eigenvalue weighted by Crippen LogP contribution is 2.31. The molecule has 0 aliphatic carbocycles. The smallest absolute Gasteiger partial charge is 0.346 e. The highest BCUT2D eigenvalue weighted by atomic mass is 32.1. The van der Waals surface area contributed by atoms with Crippen molar-refractivity contribution in [2.24, 2.45) is 0 Å². The van der Waals surface area contributed by atoms with Gasteiger partial charge in [0, 0.05) is 5.39 Å². The van der Waals surface area contributed by atoms with Crippen molar-refractivity contribution in [2.75, 3.05) is 5.75 Å². The van der Waals surface area contributed by atoms with Crippen molar-refractivity contribution in [1.82, 2.24) is 0 Å². The molecule has 1 aliphatic heterocycles. The SMILES string of the molecule is O=C1OC(=O)c2ccc(C=CCCS)c3cccc1c23. The second-order valence-electron chi connectivity index (χ2n) is 4.52. The van der Waals surface area contributed by atoms with E-state index in [9.17, 15) is 9.59 Å². The third kappa shape index (κ3) is 2.02. The number of esters is 2. The molecule has 3 nitrogen and oxygen atoms in total. The Morgan fingerprint density at radius 2 is 1.80 bits per heavy atom. The van der Waals surface area contributed by atoms with E-state index < -0.39 is 11.9 Å². The first-order valence-electron chi connectivity index (χ1n) is 6.32. The fraction of sp³-hybridized carbons (Fsp3) is 0.125. The molecule has 0 fully saturated rings. The monoisotopic (exact) mass is 284 g/mol. The number of thiol groups is 1. The minimum atomic E-state index is -0.579. The maximum atomic E-state index is 11.8. The molecule has 0 spiro atoms. The van der Waals surface area contributed by atoms with Crippen LogP contribution in [0.2, 0.25) is 0 Å². The van der Waals surface area contributed by atoms with Crippen molar-refractivity contribution >= 4 is 41.4 Å². The Bertz CT molecular complexity index is 726. The van der Waals surface area contributed by atoms with Crippen molar-refractivity contribution in [3.8, 4) is 0 Å². The molecule has 0 aromatic heterocycles. The molecule has 0 saturated carbocycles. The zero-order chi connectivity index (χ0) is 14.1. The minimum Gasteiger partial charge on any atom is -0.386 e. The molecule has 100 valence electrons. The van der Waals surface area contributed by atoms with Gasteiger partial charge < -0.3 is 4.74 Å². The Kier molecular flexibility index (Phi) is 3.32. The number of rotatable bonds is 3. The van der Waals surface area contributed by atoms with Crippen LogP contribution < -0.4 is 0 Å². The molecular weight excluding hydrogens is 272 g/mol. The first-order chi connectivity index (χ1) is 9.72. The van der Waals surface area contributed by atoms with E-state index in [1.807, 2.05) is 24.3 Å². The summed E-state index contributed by atoms with van der Waals surface area (Å²) < 4.78 is 4.74. The Hall–Kier alpha value is -2.07. The van der Waals surface area contributed by atoms with Gasteiger partial charge in [-0.1, -0.05) is 30.4 Å². The fourth-order valence-electron chi connectivity index (χ4n) is 2.39. The number of allylic oxidation sites excluding steroid dienone is 1. The summed E-state index contributed by atoms with van der Waals surface area (Å²) in [6, 6.07) is 8.97. The summed E-state index contributed by atoms with van der Waals surface area (Å²) in [5.74, 6) is -0.378. The third-order valence-electron chi connectivity index (χ3n) is 3.29. The minimum absolute atomic E-state index is 0.446. The molecular formula is C16H12O3S. The molecule has 0 N–H and O–H groups in total. The molecule has 3 rings (SSSR count). The van der Waals surface area contributed by atoms with E-state index in [0.717, 1.165) is 23.1 Å². The summed E-state index contributed by atoms with van der Waals surface area (Å²) in [6.45, 7) is 0. The Morgan fingerprint density at radius 3 is 2.55 bits per heavy atom. The Labute approximate surface area is 121 Å². The molecule has 0 radical (unpaired) electrons. The van der Waals surface area contributed by atoms with Crippen LogP contribution in [-0.2, 0) is 4.74 Å². The molecule has 4 heteroatoms. The molecule has 0 unspecified atom stereocenters. The lowest BCUT2D eigenvalue weighted by molar-refractivity contribution is 0.0391. The van der Waals surface area contributed by atoms with Gasteiger partial charge in [-0.25, -0.2) is 9.59 Å². The van der Waals surface area contributed by atoms with Crippen LogP contribution in [0.4, 0.5) is 0 Å². The second-order valence-corrected chi connectivity index (χ2v) is 4.97. The van der Waals surface area contributed by atoms with Gasteiger partial charge >= 0.3 is 11.9 Å². The predicted molar refractivity (Wildman–Crippen MR) is 81.2 cm³/mol. The van der Waals surface area contributed by atoms with Crippen LogP contribution in [0.3, 0.4) is 0 Å². The quantitative estimate of drug-likeness (QED) is 0.533. The predicted octanol–water partition coefficient (Wildman–Crippen LogP) is 3.48. The van der Waals surface area contributed by atoms with Gasteiger partial charge in [0.05, 0.1) is 11.1 Å². The van der Waals surface area contributed by atoms with Gasteiger partial charge in [-0.2, -0.15) is 12.6 Å². The molecule has 1 heterocycles. The lowest BCUT2D eigenvalue weighted by Gasteiger charge is -2.16. The van der Waals surface area contributed by atoms with Gasteiger partial charge in [0.2, 0.25) is 0 Å². The second kappa shape index (κ2) is 5.13. The van der Waals surface area contributed by atoms with Crippen LogP contribution in [0.25, 0.3) is 16.8 Å². The zero-order valence-electron chi connectivity index (χ0n) is 10.6. The van der Waals surface area contributed by atoms with E-state index in [0.29, 0.717) is 16.5 Å². The van der Waals surface area contributed by atoms with E-state index in [-0.39, 0.29) is 0 Å². The summed E-state index contributed by atoms with van der Waals surface area (Å²) >= 11 is 4.16. The van der Waals surface area contributed by atoms with Crippen molar-refractivity contribution < 1.29 is 14.3 Å². The first-order valence-corrected chi connectivity index (χ1v) is 6.95. The number of carbonyl (C=O) groups excluding carboxylic acids is 2. The molecule has 2 aromatic rings. The van der Waals surface area contributed by atoms with Crippen LogP contribution in [0.5, 0.6) is 0 Å². The molecule has 2 aromatic carbocycles. The molecule has 20 heavy (non-hydrogen) atoms. The topological polar surface area (TPSA) is 43.4 Å². The van der Waals surface area contributed by atoms with Gasteiger partial charge in [0.15, 0.2) is 0 Å².